The minimum atomic E-state index is -4.47. The molecule has 0 saturated carbocycles. The molecular weight excluding hydrogens is 473 g/mol. The quantitative estimate of drug-likeness (QED) is 0.621. The summed E-state index contributed by atoms with van der Waals surface area (Å²) in [6.07, 6.45) is -1.79. The molecule has 2 aromatic rings. The molecule has 5 rings (SSSR count). The molecule has 36 heavy (non-hydrogen) atoms. The van der Waals surface area contributed by atoms with Gasteiger partial charge in [0.2, 0.25) is 0 Å². The Morgan fingerprint density at radius 3 is 2.11 bits per heavy atom. The van der Waals surface area contributed by atoms with Crippen molar-refractivity contribution in [3.05, 3.63) is 47.5 Å². The average Bonchev–Trinajstić information content (AvgIpc) is 3.42. The zero-order valence-corrected chi connectivity index (χ0v) is 20.2. The highest BCUT2D eigenvalue weighted by atomic mass is 19.4. The van der Waals surface area contributed by atoms with Gasteiger partial charge in [-0.15, -0.1) is 10.2 Å². The van der Waals surface area contributed by atoms with Crippen LogP contribution in [0.5, 0.6) is 0 Å². The van der Waals surface area contributed by atoms with E-state index in [0.29, 0.717) is 32.3 Å². The van der Waals surface area contributed by atoms with E-state index in [0.717, 1.165) is 75.9 Å². The van der Waals surface area contributed by atoms with Gasteiger partial charge >= 0.3 is 6.18 Å². The maximum Gasteiger partial charge on any atom is 0.416 e. The number of rotatable bonds is 5. The van der Waals surface area contributed by atoms with Crippen molar-refractivity contribution in [3.8, 4) is 0 Å². The molecule has 3 aliphatic heterocycles. The van der Waals surface area contributed by atoms with Gasteiger partial charge in [0.25, 0.3) is 5.91 Å². The van der Waals surface area contributed by atoms with Gasteiger partial charge in [-0.25, -0.2) is 0 Å². The monoisotopic (exact) mass is 504 g/mol. The molecule has 0 spiro atoms. The van der Waals surface area contributed by atoms with Gasteiger partial charge in [0, 0.05) is 71.1 Å². The lowest BCUT2D eigenvalue weighted by Gasteiger charge is -2.37. The lowest BCUT2D eigenvalue weighted by atomic mass is 10.1. The van der Waals surface area contributed by atoms with Gasteiger partial charge in [-0.1, -0.05) is 6.07 Å². The van der Waals surface area contributed by atoms with Crippen LogP contribution in [0.1, 0.15) is 28.8 Å². The van der Waals surface area contributed by atoms with Crippen molar-refractivity contribution in [2.24, 2.45) is 0 Å². The fraction of sp³-hybridized carbons (Fsp3) is 0.560. The highest BCUT2D eigenvalue weighted by Crippen LogP contribution is 2.30. The number of hydrogen-bond donors (Lipinski definition) is 0. The largest absolute Gasteiger partial charge is 0.416 e. The summed E-state index contributed by atoms with van der Waals surface area (Å²) in [6, 6.07) is 8.52. The summed E-state index contributed by atoms with van der Waals surface area (Å²) in [7, 11) is 0. The van der Waals surface area contributed by atoms with Crippen LogP contribution in [0.3, 0.4) is 0 Å². The number of benzene rings is 1. The van der Waals surface area contributed by atoms with Gasteiger partial charge < -0.3 is 19.4 Å². The van der Waals surface area contributed by atoms with Crippen LogP contribution in [-0.4, -0.2) is 97.5 Å². The second-order valence-electron chi connectivity index (χ2n) is 9.53. The number of nitrogens with zero attached hydrogens (tertiary/aromatic N) is 6. The number of aromatic nitrogens is 2. The van der Waals surface area contributed by atoms with E-state index in [9.17, 15) is 18.0 Å². The molecule has 194 valence electrons. The van der Waals surface area contributed by atoms with E-state index in [1.807, 2.05) is 17.0 Å². The average molecular weight is 505 g/mol. The Morgan fingerprint density at radius 1 is 0.917 bits per heavy atom. The molecule has 0 bridgehead atoms. The Hall–Kier alpha value is -2.92. The number of hydrogen-bond acceptors (Lipinski definition) is 7. The van der Waals surface area contributed by atoms with Crippen molar-refractivity contribution < 1.29 is 22.7 Å². The molecule has 0 radical (unpaired) electrons. The van der Waals surface area contributed by atoms with Crippen molar-refractivity contribution >= 4 is 17.5 Å². The second-order valence-corrected chi connectivity index (χ2v) is 9.53. The van der Waals surface area contributed by atoms with Gasteiger partial charge in [0.05, 0.1) is 11.7 Å². The molecule has 8 nitrogen and oxygen atoms in total. The van der Waals surface area contributed by atoms with Gasteiger partial charge in [-0.3, -0.25) is 9.69 Å². The Labute approximate surface area is 208 Å². The molecule has 1 aromatic heterocycles. The first-order valence-corrected chi connectivity index (χ1v) is 12.5. The van der Waals surface area contributed by atoms with Crippen LogP contribution >= 0.6 is 0 Å². The number of anilines is 2. The van der Waals surface area contributed by atoms with Crippen molar-refractivity contribution in [1.29, 1.82) is 0 Å². The Bertz CT molecular complexity index is 1030. The van der Waals surface area contributed by atoms with E-state index in [-0.39, 0.29) is 11.5 Å². The highest BCUT2D eigenvalue weighted by molar-refractivity contribution is 5.94. The van der Waals surface area contributed by atoms with Crippen molar-refractivity contribution in [2.45, 2.75) is 25.1 Å². The number of carbonyl (C=O) groups is 1. The fourth-order valence-corrected chi connectivity index (χ4v) is 5.04. The summed E-state index contributed by atoms with van der Waals surface area (Å²) >= 11 is 0. The predicted octanol–water partition coefficient (Wildman–Crippen LogP) is 2.76. The van der Waals surface area contributed by atoms with Crippen molar-refractivity contribution in [3.63, 3.8) is 0 Å². The van der Waals surface area contributed by atoms with E-state index in [4.69, 9.17) is 4.74 Å². The molecular formula is C25H31F3N6O2. The molecule has 1 unspecified atom stereocenters. The normalized spacial score (nSPS) is 21.8. The first kappa shape index (κ1) is 24.8. The van der Waals surface area contributed by atoms with E-state index in [2.05, 4.69) is 20.0 Å². The van der Waals surface area contributed by atoms with Crippen LogP contribution in [0.15, 0.2) is 36.4 Å². The van der Waals surface area contributed by atoms with Crippen LogP contribution in [0.4, 0.5) is 24.8 Å². The zero-order valence-electron chi connectivity index (χ0n) is 20.2. The van der Waals surface area contributed by atoms with Gasteiger partial charge in [0.15, 0.2) is 11.6 Å². The number of alkyl halides is 3. The molecule has 3 fully saturated rings. The van der Waals surface area contributed by atoms with Crippen LogP contribution in [0.25, 0.3) is 0 Å². The smallest absolute Gasteiger partial charge is 0.377 e. The standard InChI is InChI=1S/C25H31F3N6O2/c26-25(27,28)20-4-1-3-19(17-20)24(35)34-14-12-33(13-15-34)23-7-6-22(29-30-23)32-10-8-31(9-11-32)18-21-5-2-16-36-21/h1,3-4,6-7,17,21H,2,5,8-16,18H2. The van der Waals surface area contributed by atoms with Gasteiger partial charge in [-0.2, -0.15) is 13.2 Å². The lowest BCUT2D eigenvalue weighted by molar-refractivity contribution is -0.137. The minimum absolute atomic E-state index is 0.0540. The van der Waals surface area contributed by atoms with Crippen molar-refractivity contribution in [2.75, 3.05) is 75.3 Å². The van der Waals surface area contributed by atoms with Crippen LogP contribution in [-0.2, 0) is 10.9 Å². The third-order valence-electron chi connectivity index (χ3n) is 7.15. The number of ether oxygens (including phenoxy) is 1. The Balaban J connectivity index is 1.11. The molecule has 0 N–H and O–H groups in total. The van der Waals surface area contributed by atoms with Gasteiger partial charge in [0.1, 0.15) is 0 Å². The summed E-state index contributed by atoms with van der Waals surface area (Å²) in [5, 5.41) is 8.86. The topological polar surface area (TPSA) is 65.0 Å². The lowest BCUT2D eigenvalue weighted by Crippen LogP contribution is -2.49. The fourth-order valence-electron chi connectivity index (χ4n) is 5.04. The van der Waals surface area contributed by atoms with Crippen LogP contribution in [0.2, 0.25) is 0 Å². The van der Waals surface area contributed by atoms with Crippen molar-refractivity contribution in [1.82, 2.24) is 20.0 Å². The van der Waals surface area contributed by atoms with Crippen LogP contribution < -0.4 is 9.80 Å². The summed E-state index contributed by atoms with van der Waals surface area (Å²) in [4.78, 5) is 21.1. The van der Waals surface area contributed by atoms with E-state index < -0.39 is 11.7 Å². The number of carbonyl (C=O) groups excluding carboxylic acids is 1. The summed E-state index contributed by atoms with van der Waals surface area (Å²) in [5.41, 5.74) is -0.759. The minimum Gasteiger partial charge on any atom is -0.377 e. The number of piperazine rings is 2. The summed E-state index contributed by atoms with van der Waals surface area (Å²) in [6.45, 7) is 7.54. The highest BCUT2D eigenvalue weighted by Gasteiger charge is 2.32. The second kappa shape index (κ2) is 10.6. The van der Waals surface area contributed by atoms with E-state index in [1.54, 1.807) is 4.90 Å². The first-order chi connectivity index (χ1) is 17.4. The number of halogens is 3. The molecule has 1 atom stereocenters. The third-order valence-corrected chi connectivity index (χ3v) is 7.15. The summed E-state index contributed by atoms with van der Waals surface area (Å²) in [5.74, 6) is 1.21. The molecule has 1 amide bonds. The Morgan fingerprint density at radius 2 is 1.56 bits per heavy atom. The maximum absolute atomic E-state index is 13.0. The van der Waals surface area contributed by atoms with Gasteiger partial charge in [-0.05, 0) is 43.2 Å². The predicted molar refractivity (Wildman–Crippen MR) is 129 cm³/mol. The molecule has 3 saturated heterocycles. The Kier molecular flexibility index (Phi) is 7.29. The first-order valence-electron chi connectivity index (χ1n) is 12.5. The molecule has 3 aliphatic rings. The SMILES string of the molecule is O=C(c1cccc(C(F)(F)F)c1)N1CCN(c2ccc(N3CCN(CC4CCCO4)CC3)nn2)CC1. The molecule has 11 heteroatoms. The molecule has 0 aliphatic carbocycles. The van der Waals surface area contributed by atoms with E-state index >= 15 is 0 Å². The zero-order chi connectivity index (χ0) is 25.1. The summed E-state index contributed by atoms with van der Waals surface area (Å²) < 4.78 is 44.7. The van der Waals surface area contributed by atoms with E-state index in [1.165, 1.54) is 12.1 Å². The van der Waals surface area contributed by atoms with Crippen LogP contribution in [0, 0.1) is 0 Å². The number of amides is 1. The maximum atomic E-state index is 13.0. The molecule has 1 aromatic carbocycles. The molecule has 4 heterocycles. The third kappa shape index (κ3) is 5.73.